The maximum absolute atomic E-state index is 4.47. The lowest BCUT2D eigenvalue weighted by atomic mass is 10.1. The first-order valence-electron chi connectivity index (χ1n) is 7.06. The number of benzene rings is 2. The quantitative estimate of drug-likeness (QED) is 0.768. The van der Waals surface area contributed by atoms with Crippen molar-refractivity contribution in [2.24, 2.45) is 0 Å². The van der Waals surface area contributed by atoms with Crippen molar-refractivity contribution < 1.29 is 0 Å². The molecule has 0 atom stereocenters. The van der Waals surface area contributed by atoms with Gasteiger partial charge in [0.05, 0.1) is 18.3 Å². The highest BCUT2D eigenvalue weighted by Gasteiger charge is 2.02. The van der Waals surface area contributed by atoms with Gasteiger partial charge in [-0.15, -0.1) is 0 Å². The van der Waals surface area contributed by atoms with Crippen molar-refractivity contribution in [2.75, 3.05) is 6.54 Å². The minimum Gasteiger partial charge on any atom is -0.313 e. The van der Waals surface area contributed by atoms with Gasteiger partial charge in [-0.2, -0.15) is 5.10 Å². The Morgan fingerprint density at radius 1 is 1.00 bits per heavy atom. The molecule has 0 saturated carbocycles. The molecular formula is C17H19N3. The van der Waals surface area contributed by atoms with Crippen LogP contribution in [0.15, 0.2) is 54.7 Å². The lowest BCUT2D eigenvalue weighted by molar-refractivity contribution is 0.708. The van der Waals surface area contributed by atoms with Crippen molar-refractivity contribution in [2.45, 2.75) is 20.0 Å². The molecule has 1 N–H and O–H groups in total. The van der Waals surface area contributed by atoms with E-state index in [2.05, 4.69) is 64.5 Å². The minimum atomic E-state index is 0.814. The lowest BCUT2D eigenvalue weighted by Gasteiger charge is -2.06. The summed E-state index contributed by atoms with van der Waals surface area (Å²) >= 11 is 0. The summed E-state index contributed by atoms with van der Waals surface area (Å²) in [4.78, 5) is 0. The SMILES string of the molecule is CCNCc1ccc(Cn2ncc3ccccc32)cc1. The maximum atomic E-state index is 4.47. The molecule has 0 aliphatic rings. The molecule has 3 rings (SSSR count). The summed E-state index contributed by atoms with van der Waals surface area (Å²) in [5.41, 5.74) is 3.78. The number of fused-ring (bicyclic) bond motifs is 1. The Bertz CT molecular complexity index is 683. The summed E-state index contributed by atoms with van der Waals surface area (Å²) in [6.07, 6.45) is 1.93. The van der Waals surface area contributed by atoms with E-state index in [1.54, 1.807) is 0 Å². The van der Waals surface area contributed by atoms with Gasteiger partial charge >= 0.3 is 0 Å². The molecule has 0 aliphatic carbocycles. The third-order valence-electron chi connectivity index (χ3n) is 3.49. The van der Waals surface area contributed by atoms with E-state index in [0.29, 0.717) is 0 Å². The molecule has 0 bridgehead atoms. The van der Waals surface area contributed by atoms with E-state index < -0.39 is 0 Å². The molecule has 102 valence electrons. The van der Waals surface area contributed by atoms with Crippen LogP contribution >= 0.6 is 0 Å². The van der Waals surface area contributed by atoms with Crippen molar-refractivity contribution in [3.05, 3.63) is 65.9 Å². The van der Waals surface area contributed by atoms with Crippen molar-refractivity contribution in [3.63, 3.8) is 0 Å². The van der Waals surface area contributed by atoms with E-state index in [-0.39, 0.29) is 0 Å². The second-order valence-electron chi connectivity index (χ2n) is 4.96. The van der Waals surface area contributed by atoms with E-state index in [9.17, 15) is 0 Å². The highest BCUT2D eigenvalue weighted by molar-refractivity contribution is 5.78. The van der Waals surface area contributed by atoms with Crippen LogP contribution in [0.1, 0.15) is 18.1 Å². The standard InChI is InChI=1S/C17H19N3/c1-2-18-11-14-7-9-15(10-8-14)13-20-17-6-4-3-5-16(17)12-19-20/h3-10,12,18H,2,11,13H2,1H3. The first kappa shape index (κ1) is 12.9. The zero-order valence-corrected chi connectivity index (χ0v) is 11.7. The second-order valence-corrected chi connectivity index (χ2v) is 4.96. The van der Waals surface area contributed by atoms with Crippen molar-refractivity contribution in [1.82, 2.24) is 15.1 Å². The third kappa shape index (κ3) is 2.73. The van der Waals surface area contributed by atoms with Crippen LogP contribution in [0.3, 0.4) is 0 Å². The molecule has 1 aromatic heterocycles. The highest BCUT2D eigenvalue weighted by atomic mass is 15.3. The first-order chi connectivity index (χ1) is 9.86. The minimum absolute atomic E-state index is 0.814. The second kappa shape index (κ2) is 5.88. The maximum Gasteiger partial charge on any atom is 0.0686 e. The zero-order valence-electron chi connectivity index (χ0n) is 11.7. The Hall–Kier alpha value is -2.13. The number of nitrogens with zero attached hydrogens (tertiary/aromatic N) is 2. The topological polar surface area (TPSA) is 29.9 Å². The summed E-state index contributed by atoms with van der Waals surface area (Å²) in [7, 11) is 0. The molecule has 0 amide bonds. The third-order valence-corrected chi connectivity index (χ3v) is 3.49. The number of hydrogen-bond acceptors (Lipinski definition) is 2. The van der Waals surface area contributed by atoms with Crippen LogP contribution < -0.4 is 5.32 Å². The average molecular weight is 265 g/mol. The zero-order chi connectivity index (χ0) is 13.8. The van der Waals surface area contributed by atoms with E-state index in [1.807, 2.05) is 12.3 Å². The van der Waals surface area contributed by atoms with E-state index in [4.69, 9.17) is 0 Å². The predicted molar refractivity (Wildman–Crippen MR) is 82.7 cm³/mol. The Labute approximate surface area is 119 Å². The van der Waals surface area contributed by atoms with E-state index in [1.165, 1.54) is 22.0 Å². The fraction of sp³-hybridized carbons (Fsp3) is 0.235. The lowest BCUT2D eigenvalue weighted by Crippen LogP contribution is -2.11. The van der Waals surface area contributed by atoms with Gasteiger partial charge in [0.2, 0.25) is 0 Å². The van der Waals surface area contributed by atoms with Crippen LogP contribution in [0.2, 0.25) is 0 Å². The average Bonchev–Trinajstić information content (AvgIpc) is 2.90. The molecule has 0 radical (unpaired) electrons. The Morgan fingerprint density at radius 3 is 2.55 bits per heavy atom. The van der Waals surface area contributed by atoms with Gasteiger partial charge < -0.3 is 5.32 Å². The molecule has 0 fully saturated rings. The number of para-hydroxylation sites is 1. The van der Waals surface area contributed by atoms with Crippen LogP contribution in [-0.4, -0.2) is 16.3 Å². The van der Waals surface area contributed by atoms with Crippen LogP contribution in [0, 0.1) is 0 Å². The van der Waals surface area contributed by atoms with Crippen molar-refractivity contribution in [1.29, 1.82) is 0 Å². The molecule has 20 heavy (non-hydrogen) atoms. The van der Waals surface area contributed by atoms with Gasteiger partial charge in [0.25, 0.3) is 0 Å². The highest BCUT2D eigenvalue weighted by Crippen LogP contribution is 2.14. The molecule has 3 nitrogen and oxygen atoms in total. The molecular weight excluding hydrogens is 246 g/mol. The van der Waals surface area contributed by atoms with Gasteiger partial charge in [-0.3, -0.25) is 4.68 Å². The summed E-state index contributed by atoms with van der Waals surface area (Å²) in [6, 6.07) is 17.0. The number of aromatic nitrogens is 2. The number of rotatable bonds is 5. The molecule has 0 aliphatic heterocycles. The molecule has 0 spiro atoms. The Kier molecular flexibility index (Phi) is 3.79. The number of hydrogen-bond donors (Lipinski definition) is 1. The van der Waals surface area contributed by atoms with Gasteiger partial charge in [-0.1, -0.05) is 49.4 Å². The monoisotopic (exact) mass is 265 g/mol. The molecule has 3 aromatic rings. The fourth-order valence-electron chi connectivity index (χ4n) is 2.36. The predicted octanol–water partition coefficient (Wildman–Crippen LogP) is 3.19. The van der Waals surface area contributed by atoms with Crippen molar-refractivity contribution >= 4 is 10.9 Å². The van der Waals surface area contributed by atoms with Crippen molar-refractivity contribution in [3.8, 4) is 0 Å². The summed E-state index contributed by atoms with van der Waals surface area (Å²) < 4.78 is 2.05. The van der Waals surface area contributed by atoms with Crippen LogP contribution in [-0.2, 0) is 13.1 Å². The summed E-state index contributed by atoms with van der Waals surface area (Å²) in [5, 5.41) is 8.99. The Morgan fingerprint density at radius 2 is 1.75 bits per heavy atom. The molecule has 3 heteroatoms. The molecule has 0 unspecified atom stereocenters. The van der Waals surface area contributed by atoms with Crippen LogP contribution in [0.5, 0.6) is 0 Å². The fourth-order valence-corrected chi connectivity index (χ4v) is 2.36. The van der Waals surface area contributed by atoms with Gasteiger partial charge in [-0.05, 0) is 23.7 Å². The smallest absolute Gasteiger partial charge is 0.0686 e. The first-order valence-corrected chi connectivity index (χ1v) is 7.06. The number of nitrogens with one attached hydrogen (secondary N) is 1. The van der Waals surface area contributed by atoms with Gasteiger partial charge in [0, 0.05) is 11.9 Å². The molecule has 2 aromatic carbocycles. The van der Waals surface area contributed by atoms with Gasteiger partial charge in [0.15, 0.2) is 0 Å². The van der Waals surface area contributed by atoms with Gasteiger partial charge in [-0.25, -0.2) is 0 Å². The Balaban J connectivity index is 1.77. The normalized spacial score (nSPS) is 11.1. The van der Waals surface area contributed by atoms with Gasteiger partial charge in [0.1, 0.15) is 0 Å². The summed E-state index contributed by atoms with van der Waals surface area (Å²) in [5.74, 6) is 0. The molecule has 1 heterocycles. The van der Waals surface area contributed by atoms with Crippen LogP contribution in [0.4, 0.5) is 0 Å². The van der Waals surface area contributed by atoms with E-state index >= 15 is 0 Å². The van der Waals surface area contributed by atoms with Crippen LogP contribution in [0.25, 0.3) is 10.9 Å². The van der Waals surface area contributed by atoms with E-state index in [0.717, 1.165) is 19.6 Å². The largest absolute Gasteiger partial charge is 0.313 e. The molecule has 0 saturated heterocycles. The summed E-state index contributed by atoms with van der Waals surface area (Å²) in [6.45, 7) is 4.87.